The lowest BCUT2D eigenvalue weighted by Crippen LogP contribution is -2.34. The van der Waals surface area contributed by atoms with Gasteiger partial charge in [-0.25, -0.2) is 0 Å². The van der Waals surface area contributed by atoms with Crippen LogP contribution in [0.4, 0.5) is 0 Å². The van der Waals surface area contributed by atoms with Crippen LogP contribution in [0.15, 0.2) is 18.2 Å². The van der Waals surface area contributed by atoms with Crippen molar-refractivity contribution in [3.05, 3.63) is 23.8 Å². The predicted octanol–water partition coefficient (Wildman–Crippen LogP) is 1.83. The van der Waals surface area contributed by atoms with E-state index in [2.05, 4.69) is 0 Å². The zero-order valence-corrected chi connectivity index (χ0v) is 12.3. The maximum atomic E-state index is 12.7. The van der Waals surface area contributed by atoms with Crippen LogP contribution in [0.25, 0.3) is 0 Å². The Hall–Kier alpha value is -1.75. The number of likely N-dealkylation sites (tertiary alicyclic amines) is 1. The Kier molecular flexibility index (Phi) is 3.76. The van der Waals surface area contributed by atoms with Crippen molar-refractivity contribution in [1.29, 1.82) is 0 Å². The lowest BCUT2D eigenvalue weighted by molar-refractivity contribution is 0.0437. The van der Waals surface area contributed by atoms with Gasteiger partial charge in [-0.1, -0.05) is 6.07 Å². The quantitative estimate of drug-likeness (QED) is 0.857. The highest BCUT2D eigenvalue weighted by Gasteiger charge is 2.29. The van der Waals surface area contributed by atoms with Crippen molar-refractivity contribution in [2.24, 2.45) is 0 Å². The first-order valence-electron chi connectivity index (χ1n) is 7.47. The molecule has 0 radical (unpaired) electrons. The molecular formula is C16H21NO4. The molecule has 0 aromatic heterocycles. The van der Waals surface area contributed by atoms with Gasteiger partial charge in [0, 0.05) is 13.1 Å². The molecule has 1 saturated heterocycles. The van der Waals surface area contributed by atoms with Gasteiger partial charge in [0.05, 0.1) is 11.2 Å². The molecule has 21 heavy (non-hydrogen) atoms. The fraction of sp³-hybridized carbons (Fsp3) is 0.562. The molecule has 2 aliphatic heterocycles. The third-order valence-electron chi connectivity index (χ3n) is 4.15. The minimum Gasteiger partial charge on any atom is -0.486 e. The Labute approximate surface area is 124 Å². The average molecular weight is 291 g/mol. The van der Waals surface area contributed by atoms with Crippen LogP contribution in [0.2, 0.25) is 0 Å². The van der Waals surface area contributed by atoms with E-state index in [1.807, 2.05) is 19.1 Å². The number of hydrogen-bond acceptors (Lipinski definition) is 4. The topological polar surface area (TPSA) is 59.0 Å². The van der Waals surface area contributed by atoms with E-state index < -0.39 is 5.60 Å². The summed E-state index contributed by atoms with van der Waals surface area (Å²) in [7, 11) is 0. The number of carbonyl (C=O) groups is 1. The number of aliphatic hydroxyl groups is 1. The van der Waals surface area contributed by atoms with E-state index in [0.717, 1.165) is 12.8 Å². The molecule has 1 unspecified atom stereocenters. The molecule has 0 bridgehead atoms. The molecule has 0 aliphatic carbocycles. The van der Waals surface area contributed by atoms with Crippen molar-refractivity contribution in [2.45, 2.75) is 31.8 Å². The van der Waals surface area contributed by atoms with Gasteiger partial charge in [-0.05, 0) is 38.3 Å². The number of benzene rings is 1. The summed E-state index contributed by atoms with van der Waals surface area (Å²) in [5, 5.41) is 10.1. The molecule has 114 valence electrons. The number of nitrogens with zero attached hydrogens (tertiary/aromatic N) is 1. The van der Waals surface area contributed by atoms with Crippen molar-refractivity contribution < 1.29 is 19.4 Å². The van der Waals surface area contributed by atoms with Gasteiger partial charge in [-0.2, -0.15) is 0 Å². The number of fused-ring (bicyclic) bond motifs is 1. The zero-order chi connectivity index (χ0) is 14.9. The number of amides is 1. The van der Waals surface area contributed by atoms with E-state index >= 15 is 0 Å². The summed E-state index contributed by atoms with van der Waals surface area (Å²) >= 11 is 0. The Morgan fingerprint density at radius 2 is 2.05 bits per heavy atom. The van der Waals surface area contributed by atoms with Gasteiger partial charge in [0.1, 0.15) is 13.2 Å². The third-order valence-corrected chi connectivity index (χ3v) is 4.15. The second-order valence-electron chi connectivity index (χ2n) is 5.97. The highest BCUT2D eigenvalue weighted by atomic mass is 16.6. The standard InChI is InChI=1S/C16H21NO4/c1-16(19)6-3-8-17(9-7-16)15(18)12-4-2-5-13-14(12)21-11-10-20-13/h2,4-5,19H,3,6-11H2,1H3. The van der Waals surface area contributed by atoms with Crippen molar-refractivity contribution >= 4 is 5.91 Å². The van der Waals surface area contributed by atoms with E-state index in [1.165, 1.54) is 0 Å². The van der Waals surface area contributed by atoms with E-state index in [0.29, 0.717) is 49.8 Å². The van der Waals surface area contributed by atoms with E-state index in [-0.39, 0.29) is 5.91 Å². The molecule has 1 N–H and O–H groups in total. The van der Waals surface area contributed by atoms with E-state index in [1.54, 1.807) is 11.0 Å². The number of rotatable bonds is 1. The molecule has 5 nitrogen and oxygen atoms in total. The van der Waals surface area contributed by atoms with Gasteiger partial charge in [0.2, 0.25) is 0 Å². The first-order chi connectivity index (χ1) is 10.1. The molecule has 1 atom stereocenters. The van der Waals surface area contributed by atoms with Crippen molar-refractivity contribution in [3.63, 3.8) is 0 Å². The van der Waals surface area contributed by atoms with E-state index in [4.69, 9.17) is 9.47 Å². The van der Waals surface area contributed by atoms with E-state index in [9.17, 15) is 9.90 Å². The van der Waals surface area contributed by atoms with Gasteiger partial charge in [-0.3, -0.25) is 4.79 Å². The third kappa shape index (κ3) is 2.97. The number of ether oxygens (including phenoxy) is 2. The van der Waals surface area contributed by atoms with Crippen LogP contribution >= 0.6 is 0 Å². The minimum atomic E-state index is -0.676. The molecule has 0 spiro atoms. The summed E-state index contributed by atoms with van der Waals surface area (Å²) in [6, 6.07) is 5.41. The SMILES string of the molecule is CC1(O)CCCN(C(=O)c2cccc3c2OCCO3)CC1. The van der Waals surface area contributed by atoms with Crippen LogP contribution in [0.5, 0.6) is 11.5 Å². The summed E-state index contributed by atoms with van der Waals surface area (Å²) in [6.07, 6.45) is 2.14. The Balaban J connectivity index is 1.82. The summed E-state index contributed by atoms with van der Waals surface area (Å²) in [6.45, 7) is 4.04. The molecule has 1 aromatic rings. The van der Waals surface area contributed by atoms with Crippen molar-refractivity contribution in [3.8, 4) is 11.5 Å². The van der Waals surface area contributed by atoms with Crippen molar-refractivity contribution in [2.75, 3.05) is 26.3 Å². The average Bonchev–Trinajstić information content (AvgIpc) is 2.67. The number of carbonyl (C=O) groups excluding carboxylic acids is 1. The van der Waals surface area contributed by atoms with Gasteiger partial charge < -0.3 is 19.5 Å². The molecule has 2 aliphatic rings. The Morgan fingerprint density at radius 1 is 1.24 bits per heavy atom. The second kappa shape index (κ2) is 5.56. The predicted molar refractivity (Wildman–Crippen MR) is 77.8 cm³/mol. The Morgan fingerprint density at radius 3 is 2.90 bits per heavy atom. The molecule has 0 saturated carbocycles. The Bertz CT molecular complexity index is 541. The van der Waals surface area contributed by atoms with Crippen LogP contribution in [-0.2, 0) is 0 Å². The maximum Gasteiger partial charge on any atom is 0.257 e. The second-order valence-corrected chi connectivity index (χ2v) is 5.97. The minimum absolute atomic E-state index is 0.0462. The summed E-state index contributed by atoms with van der Waals surface area (Å²) in [4.78, 5) is 14.5. The zero-order valence-electron chi connectivity index (χ0n) is 12.3. The first-order valence-corrected chi connectivity index (χ1v) is 7.47. The number of para-hydroxylation sites is 1. The summed E-state index contributed by atoms with van der Waals surface area (Å²) in [5.74, 6) is 1.13. The van der Waals surface area contributed by atoms with Crippen LogP contribution in [0.3, 0.4) is 0 Å². The van der Waals surface area contributed by atoms with Crippen LogP contribution in [0.1, 0.15) is 36.5 Å². The van der Waals surface area contributed by atoms with Gasteiger partial charge in [-0.15, -0.1) is 0 Å². The van der Waals surface area contributed by atoms with Gasteiger partial charge in [0.25, 0.3) is 5.91 Å². The highest BCUT2D eigenvalue weighted by Crippen LogP contribution is 2.34. The highest BCUT2D eigenvalue weighted by molar-refractivity contribution is 5.97. The molecule has 3 rings (SSSR count). The maximum absolute atomic E-state index is 12.7. The summed E-state index contributed by atoms with van der Waals surface area (Å²) in [5.41, 5.74) is -0.126. The smallest absolute Gasteiger partial charge is 0.257 e. The molecular weight excluding hydrogens is 270 g/mol. The van der Waals surface area contributed by atoms with Gasteiger partial charge >= 0.3 is 0 Å². The lowest BCUT2D eigenvalue weighted by atomic mass is 9.98. The fourth-order valence-electron chi connectivity index (χ4n) is 2.88. The molecule has 2 heterocycles. The van der Waals surface area contributed by atoms with Crippen LogP contribution in [-0.4, -0.2) is 47.8 Å². The largest absolute Gasteiger partial charge is 0.486 e. The first kappa shape index (κ1) is 14.2. The number of hydrogen-bond donors (Lipinski definition) is 1. The molecule has 1 amide bonds. The normalized spacial score (nSPS) is 25.3. The summed E-state index contributed by atoms with van der Waals surface area (Å²) < 4.78 is 11.1. The fourth-order valence-corrected chi connectivity index (χ4v) is 2.88. The molecule has 1 fully saturated rings. The van der Waals surface area contributed by atoms with Crippen LogP contribution < -0.4 is 9.47 Å². The van der Waals surface area contributed by atoms with Gasteiger partial charge in [0.15, 0.2) is 11.5 Å². The lowest BCUT2D eigenvalue weighted by Gasteiger charge is -2.25. The molecule has 1 aromatic carbocycles. The van der Waals surface area contributed by atoms with Crippen molar-refractivity contribution in [1.82, 2.24) is 4.90 Å². The van der Waals surface area contributed by atoms with Crippen LogP contribution in [0, 0.1) is 0 Å². The molecule has 5 heteroatoms. The monoisotopic (exact) mass is 291 g/mol.